The molecule has 0 aliphatic rings. The molecule has 25 heavy (non-hydrogen) atoms. The van der Waals surface area contributed by atoms with Gasteiger partial charge in [-0.25, -0.2) is 0 Å². The average molecular weight is 368 g/mol. The lowest BCUT2D eigenvalue weighted by molar-refractivity contribution is -0.140. The van der Waals surface area contributed by atoms with Crippen LogP contribution in [0.2, 0.25) is 5.54 Å². The van der Waals surface area contributed by atoms with Crippen molar-refractivity contribution >= 4 is 26.8 Å². The molecule has 140 valence electrons. The van der Waals surface area contributed by atoms with E-state index >= 15 is 0 Å². The Hall–Kier alpha value is -1.70. The van der Waals surface area contributed by atoms with Gasteiger partial charge in [-0.3, -0.25) is 9.59 Å². The Labute approximate surface area is 151 Å². The number of nitrogens with one attached hydrogen (secondary N) is 1. The molecular formula is C18H29NO5Si. The molecule has 0 aliphatic heterocycles. The minimum Gasteiger partial charge on any atom is -0.481 e. The van der Waals surface area contributed by atoms with Gasteiger partial charge in [0.05, 0.1) is 12.3 Å². The van der Waals surface area contributed by atoms with Gasteiger partial charge in [0.25, 0.3) is 0 Å². The molecule has 0 bridgehead atoms. The second-order valence-electron chi connectivity index (χ2n) is 5.79. The number of benzene rings is 1. The van der Waals surface area contributed by atoms with Gasteiger partial charge in [-0.2, -0.15) is 0 Å². The molecule has 2 N–H and O–H groups in total. The Bertz CT molecular complexity index is 519. The van der Waals surface area contributed by atoms with Crippen molar-refractivity contribution in [3.8, 4) is 0 Å². The normalized spacial score (nSPS) is 13.4. The number of para-hydroxylation sites is 1. The molecule has 0 aliphatic carbocycles. The predicted octanol–water partition coefficient (Wildman–Crippen LogP) is 3.18. The van der Waals surface area contributed by atoms with Crippen LogP contribution in [-0.4, -0.2) is 39.5 Å². The zero-order valence-corrected chi connectivity index (χ0v) is 16.4. The molecule has 0 aromatic heterocycles. The molecule has 0 spiro atoms. The number of anilines is 1. The van der Waals surface area contributed by atoms with E-state index in [0.717, 1.165) is 6.42 Å². The molecule has 2 unspecified atom stereocenters. The van der Waals surface area contributed by atoms with Crippen molar-refractivity contribution in [1.29, 1.82) is 0 Å². The van der Waals surface area contributed by atoms with Gasteiger partial charge >= 0.3 is 15.3 Å². The number of carboxylic acid groups (broad SMARTS) is 1. The van der Waals surface area contributed by atoms with Crippen LogP contribution < -0.4 is 5.32 Å². The van der Waals surface area contributed by atoms with Gasteiger partial charge in [-0.15, -0.1) is 0 Å². The molecule has 0 saturated heterocycles. The summed E-state index contributed by atoms with van der Waals surface area (Å²) in [6.45, 7) is 6.79. The minimum absolute atomic E-state index is 0.190. The zero-order chi connectivity index (χ0) is 18.7. The third-order valence-electron chi connectivity index (χ3n) is 3.92. The Morgan fingerprint density at radius 3 is 2.20 bits per heavy atom. The van der Waals surface area contributed by atoms with E-state index in [-0.39, 0.29) is 17.9 Å². The van der Waals surface area contributed by atoms with Crippen LogP contribution in [-0.2, 0) is 18.4 Å². The summed E-state index contributed by atoms with van der Waals surface area (Å²) in [4.78, 5) is 24.2. The van der Waals surface area contributed by atoms with Crippen LogP contribution in [0, 0.1) is 5.92 Å². The first-order valence-electron chi connectivity index (χ1n) is 8.84. The average Bonchev–Trinajstić information content (AvgIpc) is 2.58. The maximum Gasteiger partial charge on any atom is 0.325 e. The lowest BCUT2D eigenvalue weighted by Crippen LogP contribution is -2.39. The third kappa shape index (κ3) is 7.37. The van der Waals surface area contributed by atoms with Crippen molar-refractivity contribution in [1.82, 2.24) is 0 Å². The highest BCUT2D eigenvalue weighted by Crippen LogP contribution is 2.32. The maximum atomic E-state index is 12.8. The third-order valence-corrected chi connectivity index (χ3v) is 6.74. The van der Waals surface area contributed by atoms with Crippen LogP contribution in [0.4, 0.5) is 5.69 Å². The lowest BCUT2D eigenvalue weighted by Gasteiger charge is -2.30. The molecule has 7 heteroatoms. The molecular weight excluding hydrogens is 338 g/mol. The molecule has 1 amide bonds. The smallest absolute Gasteiger partial charge is 0.325 e. The summed E-state index contributed by atoms with van der Waals surface area (Å²) < 4.78 is 11.6. The van der Waals surface area contributed by atoms with Crippen LogP contribution in [0.15, 0.2) is 30.3 Å². The van der Waals surface area contributed by atoms with E-state index in [1.54, 1.807) is 12.1 Å². The second-order valence-corrected chi connectivity index (χ2v) is 8.05. The van der Waals surface area contributed by atoms with Gasteiger partial charge in [0.15, 0.2) is 0 Å². The molecule has 0 heterocycles. The van der Waals surface area contributed by atoms with E-state index in [1.165, 1.54) is 0 Å². The highest BCUT2D eigenvalue weighted by molar-refractivity contribution is 6.47. The topological polar surface area (TPSA) is 84.9 Å². The Balaban J connectivity index is 3.04. The zero-order valence-electron chi connectivity index (χ0n) is 15.2. The van der Waals surface area contributed by atoms with Crippen molar-refractivity contribution in [3.05, 3.63) is 30.3 Å². The van der Waals surface area contributed by atoms with Gasteiger partial charge in [0.2, 0.25) is 5.91 Å². The fourth-order valence-corrected chi connectivity index (χ4v) is 5.41. The minimum atomic E-state index is -2.17. The monoisotopic (exact) mass is 367 g/mol. The number of hydrogen-bond donors (Lipinski definition) is 2. The number of amides is 1. The van der Waals surface area contributed by atoms with Crippen LogP contribution in [0.25, 0.3) is 0 Å². The van der Waals surface area contributed by atoms with E-state index in [9.17, 15) is 14.7 Å². The van der Waals surface area contributed by atoms with E-state index in [2.05, 4.69) is 5.32 Å². The lowest BCUT2D eigenvalue weighted by atomic mass is 9.96. The van der Waals surface area contributed by atoms with Crippen LogP contribution in [0.1, 0.15) is 40.0 Å². The highest BCUT2D eigenvalue weighted by Gasteiger charge is 2.38. The standard InChI is InChI=1S/C18H29NO5Si/c1-4-10-16(25(23-5-2)24-6-3)15(13-17(20)21)18(22)19-14-11-8-7-9-12-14/h7-9,11-12,15-16,25H,4-6,10,13H2,1-3H3,(H,19,22)(H,20,21). The van der Waals surface area contributed by atoms with Crippen LogP contribution in [0.5, 0.6) is 0 Å². The summed E-state index contributed by atoms with van der Waals surface area (Å²) in [7, 11) is -2.17. The van der Waals surface area contributed by atoms with Crippen molar-refractivity contribution in [2.75, 3.05) is 18.5 Å². The summed E-state index contributed by atoms with van der Waals surface area (Å²) in [6.07, 6.45) is 1.31. The highest BCUT2D eigenvalue weighted by atomic mass is 28.3. The van der Waals surface area contributed by atoms with Crippen molar-refractivity contribution in [2.45, 2.75) is 45.6 Å². The van der Waals surface area contributed by atoms with E-state index < -0.39 is 21.2 Å². The first kappa shape index (κ1) is 21.3. The van der Waals surface area contributed by atoms with Gasteiger partial charge in [-0.1, -0.05) is 31.5 Å². The fourth-order valence-electron chi connectivity index (χ4n) is 2.87. The second kappa shape index (κ2) is 11.8. The Kier molecular flexibility index (Phi) is 10.1. The number of hydrogen-bond acceptors (Lipinski definition) is 4. The van der Waals surface area contributed by atoms with Gasteiger partial charge < -0.3 is 19.3 Å². The predicted molar refractivity (Wildman–Crippen MR) is 99.9 cm³/mol. The molecule has 6 nitrogen and oxygen atoms in total. The summed E-state index contributed by atoms with van der Waals surface area (Å²) >= 11 is 0. The van der Waals surface area contributed by atoms with Crippen LogP contribution in [0.3, 0.4) is 0 Å². The fraction of sp³-hybridized carbons (Fsp3) is 0.556. The molecule has 1 rings (SSSR count). The number of carbonyl (C=O) groups is 2. The van der Waals surface area contributed by atoms with Gasteiger partial charge in [0.1, 0.15) is 0 Å². The molecule has 0 fully saturated rings. The first-order chi connectivity index (χ1) is 12.0. The largest absolute Gasteiger partial charge is 0.481 e. The van der Waals surface area contributed by atoms with Crippen LogP contribution >= 0.6 is 0 Å². The number of rotatable bonds is 12. The number of carboxylic acids is 1. The van der Waals surface area contributed by atoms with Gasteiger partial charge in [-0.05, 0) is 32.4 Å². The van der Waals surface area contributed by atoms with E-state index in [4.69, 9.17) is 8.85 Å². The summed E-state index contributed by atoms with van der Waals surface area (Å²) in [5, 5.41) is 12.1. The first-order valence-corrected chi connectivity index (χ1v) is 10.4. The van der Waals surface area contributed by atoms with Crippen molar-refractivity contribution in [2.24, 2.45) is 5.92 Å². The maximum absolute atomic E-state index is 12.8. The summed E-state index contributed by atoms with van der Waals surface area (Å²) in [6, 6.07) is 9.07. The van der Waals surface area contributed by atoms with E-state index in [0.29, 0.717) is 25.3 Å². The molecule has 0 radical (unpaired) electrons. The summed E-state index contributed by atoms with van der Waals surface area (Å²) in [5.41, 5.74) is 0.467. The Morgan fingerprint density at radius 2 is 1.72 bits per heavy atom. The quantitative estimate of drug-likeness (QED) is 0.554. The molecule has 1 aromatic carbocycles. The molecule has 2 atom stereocenters. The molecule has 1 aromatic rings. The SMILES string of the molecule is CCCC(C(CC(=O)O)C(=O)Nc1ccccc1)[SiH](OCC)OCC. The van der Waals surface area contributed by atoms with Crippen molar-refractivity contribution < 1.29 is 23.5 Å². The van der Waals surface area contributed by atoms with E-state index in [1.807, 2.05) is 39.0 Å². The Morgan fingerprint density at radius 1 is 1.12 bits per heavy atom. The van der Waals surface area contributed by atoms with Gasteiger partial charge in [0, 0.05) is 24.4 Å². The molecule has 0 saturated carbocycles. The van der Waals surface area contributed by atoms with Crippen molar-refractivity contribution in [3.63, 3.8) is 0 Å². The number of carbonyl (C=O) groups excluding carboxylic acids is 1. The summed E-state index contributed by atoms with van der Waals surface area (Å²) in [5.74, 6) is -1.95. The number of aliphatic carboxylic acids is 1.